The van der Waals surface area contributed by atoms with E-state index in [9.17, 15) is 12.8 Å². The van der Waals surface area contributed by atoms with Gasteiger partial charge >= 0.3 is 0 Å². The minimum atomic E-state index is -4.10. The summed E-state index contributed by atoms with van der Waals surface area (Å²) in [5.74, 6) is -0.867. The Morgan fingerprint density at radius 3 is 2.83 bits per heavy atom. The topological polar surface area (TPSA) is 95.2 Å². The van der Waals surface area contributed by atoms with Crippen molar-refractivity contribution in [3.05, 3.63) is 34.5 Å². The van der Waals surface area contributed by atoms with Crippen LogP contribution in [0, 0.1) is 5.82 Å². The summed E-state index contributed by atoms with van der Waals surface area (Å²) in [6.45, 7) is 3.69. The molecule has 1 fully saturated rings. The van der Waals surface area contributed by atoms with E-state index in [1.807, 2.05) is 0 Å². The smallest absolute Gasteiger partial charge is 0.266 e. The standard InChI is InChI=1S/C19H27ClFN5O2S2/c20-15-12-18(30(27,28)26-19-25-10-11-29-19)16(21)13-17(15)24-7-2-1-6-22-9-5-14-4-3-8-23-14/h10-14,22-24H,1-9H2,(H,25,26)/t14-/m1/s1. The minimum Gasteiger partial charge on any atom is -0.384 e. The van der Waals surface area contributed by atoms with Gasteiger partial charge in [-0.1, -0.05) is 11.6 Å². The number of aromatic nitrogens is 1. The summed E-state index contributed by atoms with van der Waals surface area (Å²) in [6.07, 6.45) is 7.02. The lowest BCUT2D eigenvalue weighted by Crippen LogP contribution is -2.27. The minimum absolute atomic E-state index is 0.151. The second kappa shape index (κ2) is 11.2. The van der Waals surface area contributed by atoms with Crippen LogP contribution in [0.4, 0.5) is 15.2 Å². The van der Waals surface area contributed by atoms with E-state index in [-0.39, 0.29) is 10.2 Å². The number of thiazole rings is 1. The number of hydrogen-bond donors (Lipinski definition) is 4. The van der Waals surface area contributed by atoms with Gasteiger partial charge in [0.1, 0.15) is 10.7 Å². The predicted molar refractivity (Wildman–Crippen MR) is 121 cm³/mol. The first-order valence-electron chi connectivity index (χ1n) is 10.0. The Labute approximate surface area is 185 Å². The molecule has 166 valence electrons. The number of hydrogen-bond acceptors (Lipinski definition) is 7. The van der Waals surface area contributed by atoms with Gasteiger partial charge in [-0.15, -0.1) is 11.3 Å². The van der Waals surface area contributed by atoms with Crippen LogP contribution in [0.15, 0.2) is 28.6 Å². The first-order chi connectivity index (χ1) is 14.5. The molecule has 0 bridgehead atoms. The number of unbranched alkanes of at least 4 members (excludes halogenated alkanes) is 1. The van der Waals surface area contributed by atoms with Crippen molar-refractivity contribution in [1.82, 2.24) is 15.6 Å². The lowest BCUT2D eigenvalue weighted by molar-refractivity contribution is 0.517. The van der Waals surface area contributed by atoms with Gasteiger partial charge in [0.05, 0.1) is 10.7 Å². The maximum Gasteiger partial charge on any atom is 0.266 e. The van der Waals surface area contributed by atoms with E-state index >= 15 is 0 Å². The summed E-state index contributed by atoms with van der Waals surface area (Å²) in [5.41, 5.74) is 0.377. The molecule has 0 amide bonds. The van der Waals surface area contributed by atoms with E-state index < -0.39 is 20.7 Å². The summed E-state index contributed by atoms with van der Waals surface area (Å²) in [5, 5.41) is 11.9. The number of rotatable bonds is 12. The second-order valence-electron chi connectivity index (χ2n) is 7.17. The highest BCUT2D eigenvalue weighted by atomic mass is 35.5. The van der Waals surface area contributed by atoms with Gasteiger partial charge < -0.3 is 16.0 Å². The van der Waals surface area contributed by atoms with Crippen molar-refractivity contribution < 1.29 is 12.8 Å². The molecule has 7 nitrogen and oxygen atoms in total. The van der Waals surface area contributed by atoms with Crippen molar-refractivity contribution in [3.8, 4) is 0 Å². The summed E-state index contributed by atoms with van der Waals surface area (Å²) in [4.78, 5) is 3.34. The monoisotopic (exact) mass is 475 g/mol. The van der Waals surface area contributed by atoms with Crippen LogP contribution < -0.4 is 20.7 Å². The number of benzene rings is 1. The van der Waals surface area contributed by atoms with Crippen molar-refractivity contribution in [2.45, 2.75) is 43.0 Å². The number of sulfonamides is 1. The zero-order valence-electron chi connectivity index (χ0n) is 16.6. The van der Waals surface area contributed by atoms with Gasteiger partial charge in [-0.3, -0.25) is 4.72 Å². The van der Waals surface area contributed by atoms with E-state index in [0.29, 0.717) is 18.3 Å². The van der Waals surface area contributed by atoms with Gasteiger partial charge in [0.25, 0.3) is 10.0 Å². The van der Waals surface area contributed by atoms with Crippen molar-refractivity contribution in [3.63, 3.8) is 0 Å². The summed E-state index contributed by atoms with van der Waals surface area (Å²) < 4.78 is 41.5. The highest BCUT2D eigenvalue weighted by molar-refractivity contribution is 7.93. The predicted octanol–water partition coefficient (Wildman–Crippen LogP) is 3.66. The molecule has 1 atom stereocenters. The first-order valence-corrected chi connectivity index (χ1v) is 12.8. The lowest BCUT2D eigenvalue weighted by Gasteiger charge is -2.13. The molecule has 0 unspecified atom stereocenters. The van der Waals surface area contributed by atoms with Crippen LogP contribution in [0.25, 0.3) is 0 Å². The van der Waals surface area contributed by atoms with Gasteiger partial charge in [0.15, 0.2) is 5.13 Å². The lowest BCUT2D eigenvalue weighted by atomic mass is 10.1. The van der Waals surface area contributed by atoms with E-state index in [4.69, 9.17) is 11.6 Å². The molecular formula is C19H27ClFN5O2S2. The molecule has 1 aliphatic heterocycles. The summed E-state index contributed by atoms with van der Waals surface area (Å²) >= 11 is 7.29. The molecule has 2 aromatic rings. The molecule has 0 radical (unpaired) electrons. The van der Waals surface area contributed by atoms with Gasteiger partial charge in [-0.2, -0.15) is 0 Å². The molecule has 1 aromatic heterocycles. The molecular weight excluding hydrogens is 449 g/mol. The number of nitrogens with zero attached hydrogens (tertiary/aromatic N) is 1. The Kier molecular flexibility index (Phi) is 8.70. The van der Waals surface area contributed by atoms with Crippen LogP contribution >= 0.6 is 22.9 Å². The van der Waals surface area contributed by atoms with Crippen molar-refractivity contribution in [1.29, 1.82) is 0 Å². The summed E-state index contributed by atoms with van der Waals surface area (Å²) in [7, 11) is -4.10. The Balaban J connectivity index is 1.41. The highest BCUT2D eigenvalue weighted by Gasteiger charge is 2.22. The van der Waals surface area contributed by atoms with Gasteiger partial charge in [0, 0.05) is 24.2 Å². The molecule has 0 spiro atoms. The van der Waals surface area contributed by atoms with Gasteiger partial charge in [0.2, 0.25) is 0 Å². The number of halogens is 2. The van der Waals surface area contributed by atoms with Crippen LogP contribution in [0.3, 0.4) is 0 Å². The summed E-state index contributed by atoms with van der Waals surface area (Å²) in [6, 6.07) is 2.89. The molecule has 0 saturated carbocycles. The third-order valence-corrected chi connectivity index (χ3v) is 7.38. The van der Waals surface area contributed by atoms with E-state index in [0.717, 1.165) is 62.4 Å². The molecule has 1 aromatic carbocycles. The van der Waals surface area contributed by atoms with Crippen LogP contribution in [-0.4, -0.2) is 45.6 Å². The van der Waals surface area contributed by atoms with E-state index in [1.54, 1.807) is 5.38 Å². The fourth-order valence-corrected chi connectivity index (χ4v) is 5.49. The molecule has 4 N–H and O–H groups in total. The van der Waals surface area contributed by atoms with Crippen molar-refractivity contribution in [2.24, 2.45) is 0 Å². The Morgan fingerprint density at radius 2 is 2.10 bits per heavy atom. The molecule has 30 heavy (non-hydrogen) atoms. The zero-order valence-corrected chi connectivity index (χ0v) is 19.0. The molecule has 3 rings (SSSR count). The quantitative estimate of drug-likeness (QED) is 0.350. The number of anilines is 2. The maximum atomic E-state index is 14.4. The van der Waals surface area contributed by atoms with E-state index in [1.165, 1.54) is 19.0 Å². The largest absolute Gasteiger partial charge is 0.384 e. The Morgan fingerprint density at radius 1 is 1.27 bits per heavy atom. The fraction of sp³-hybridized carbons (Fsp3) is 0.526. The van der Waals surface area contributed by atoms with Crippen molar-refractivity contribution in [2.75, 3.05) is 36.2 Å². The van der Waals surface area contributed by atoms with Crippen LogP contribution in [0.2, 0.25) is 5.02 Å². The first kappa shape index (κ1) is 23.2. The normalized spacial score (nSPS) is 16.7. The van der Waals surface area contributed by atoms with Gasteiger partial charge in [-0.05, 0) is 63.9 Å². The molecule has 0 aliphatic carbocycles. The third-order valence-electron chi connectivity index (χ3n) is 4.89. The third kappa shape index (κ3) is 6.78. The Bertz CT molecular complexity index is 906. The SMILES string of the molecule is O=S(=O)(Nc1nccs1)c1cc(Cl)c(NCCCCNCC[C@H]2CCCN2)cc1F. The van der Waals surface area contributed by atoms with Crippen molar-refractivity contribution >= 4 is 43.8 Å². The highest BCUT2D eigenvalue weighted by Crippen LogP contribution is 2.29. The molecule has 1 saturated heterocycles. The van der Waals surface area contributed by atoms with Crippen LogP contribution in [0.5, 0.6) is 0 Å². The average Bonchev–Trinajstić information content (AvgIpc) is 3.40. The van der Waals surface area contributed by atoms with Gasteiger partial charge in [-0.25, -0.2) is 17.8 Å². The second-order valence-corrected chi connectivity index (χ2v) is 10.1. The molecule has 2 heterocycles. The zero-order chi connectivity index (χ0) is 21.4. The van der Waals surface area contributed by atoms with E-state index in [2.05, 4.69) is 25.7 Å². The molecule has 11 heteroatoms. The van der Waals surface area contributed by atoms with Crippen LogP contribution in [0.1, 0.15) is 32.1 Å². The fourth-order valence-electron chi connectivity index (χ4n) is 3.32. The number of nitrogens with one attached hydrogen (secondary N) is 4. The van der Waals surface area contributed by atoms with Crippen LogP contribution in [-0.2, 0) is 10.0 Å². The average molecular weight is 476 g/mol. The molecule has 1 aliphatic rings. The Hall–Kier alpha value is -1.46. The maximum absolute atomic E-state index is 14.4.